The summed E-state index contributed by atoms with van der Waals surface area (Å²) in [7, 11) is 1.69. The van der Waals surface area contributed by atoms with E-state index < -0.39 is 0 Å². The summed E-state index contributed by atoms with van der Waals surface area (Å²) < 4.78 is 5.27. The number of ether oxygens (including phenoxy) is 1. The molecule has 0 aliphatic carbocycles. The molecule has 3 N–H and O–H groups in total. The van der Waals surface area contributed by atoms with Gasteiger partial charge in [-0.15, -0.1) is 24.0 Å². The number of benzene rings is 2. The molecular weight excluding hydrogens is 439 g/mol. The highest BCUT2D eigenvalue weighted by Crippen LogP contribution is 2.27. The largest absolute Gasteiger partial charge is 0.497 e. The van der Waals surface area contributed by atoms with Crippen molar-refractivity contribution in [3.63, 3.8) is 0 Å². The van der Waals surface area contributed by atoms with E-state index in [0.29, 0.717) is 12.5 Å². The maximum Gasteiger partial charge on any atom is 0.193 e. The first-order chi connectivity index (χ1) is 12.3. The highest BCUT2D eigenvalue weighted by atomic mass is 127. The SMILES string of the molecule is COc1ccc(C(CN=C(N)Nc2ccccc2)N2CCCC2)cc1.I. The lowest BCUT2D eigenvalue weighted by Crippen LogP contribution is -2.30. The topological polar surface area (TPSA) is 62.9 Å². The second-order valence-corrected chi connectivity index (χ2v) is 6.25. The van der Waals surface area contributed by atoms with E-state index in [1.54, 1.807) is 7.11 Å². The van der Waals surface area contributed by atoms with E-state index in [4.69, 9.17) is 10.5 Å². The van der Waals surface area contributed by atoms with E-state index in [-0.39, 0.29) is 30.0 Å². The Kier molecular flexibility index (Phi) is 8.18. The Labute approximate surface area is 172 Å². The van der Waals surface area contributed by atoms with Crippen LogP contribution < -0.4 is 15.8 Å². The summed E-state index contributed by atoms with van der Waals surface area (Å²) >= 11 is 0. The molecule has 0 radical (unpaired) electrons. The molecule has 2 aromatic rings. The van der Waals surface area contributed by atoms with Crippen molar-refractivity contribution in [2.75, 3.05) is 32.1 Å². The van der Waals surface area contributed by atoms with Crippen LogP contribution in [0.4, 0.5) is 5.69 Å². The first kappa shape index (κ1) is 20.5. The first-order valence-corrected chi connectivity index (χ1v) is 8.76. The van der Waals surface area contributed by atoms with Gasteiger partial charge in [0.15, 0.2) is 5.96 Å². The number of nitrogens with one attached hydrogen (secondary N) is 1. The number of rotatable bonds is 6. The molecule has 1 saturated heterocycles. The molecule has 1 unspecified atom stereocenters. The molecule has 26 heavy (non-hydrogen) atoms. The minimum absolute atomic E-state index is 0. The fourth-order valence-corrected chi connectivity index (χ4v) is 3.20. The van der Waals surface area contributed by atoms with E-state index >= 15 is 0 Å². The van der Waals surface area contributed by atoms with Crippen molar-refractivity contribution in [2.45, 2.75) is 18.9 Å². The predicted molar refractivity (Wildman–Crippen MR) is 119 cm³/mol. The third-order valence-electron chi connectivity index (χ3n) is 4.56. The van der Waals surface area contributed by atoms with Gasteiger partial charge in [-0.1, -0.05) is 30.3 Å². The van der Waals surface area contributed by atoms with Crippen LogP contribution in [0, 0.1) is 0 Å². The average Bonchev–Trinajstić information content (AvgIpc) is 3.18. The molecule has 1 fully saturated rings. The zero-order chi connectivity index (χ0) is 17.5. The van der Waals surface area contributed by atoms with Gasteiger partial charge in [0.2, 0.25) is 0 Å². The molecule has 6 heteroatoms. The van der Waals surface area contributed by atoms with Crippen molar-refractivity contribution in [1.29, 1.82) is 0 Å². The molecule has 3 rings (SSSR count). The lowest BCUT2D eigenvalue weighted by molar-refractivity contribution is 0.251. The Bertz CT molecular complexity index is 685. The van der Waals surface area contributed by atoms with Gasteiger partial charge in [-0.3, -0.25) is 9.89 Å². The quantitative estimate of drug-likeness (QED) is 0.386. The maximum atomic E-state index is 6.08. The number of anilines is 1. The summed E-state index contributed by atoms with van der Waals surface area (Å²) in [6, 6.07) is 18.4. The molecule has 0 aromatic heterocycles. The smallest absolute Gasteiger partial charge is 0.193 e. The Morgan fingerprint density at radius 1 is 1.12 bits per heavy atom. The zero-order valence-electron chi connectivity index (χ0n) is 15.1. The molecule has 0 spiro atoms. The molecule has 1 aliphatic heterocycles. The Morgan fingerprint density at radius 2 is 1.77 bits per heavy atom. The van der Waals surface area contributed by atoms with Crippen molar-refractivity contribution in [3.8, 4) is 5.75 Å². The molecule has 0 saturated carbocycles. The molecule has 1 heterocycles. The van der Waals surface area contributed by atoms with Gasteiger partial charge in [0, 0.05) is 5.69 Å². The minimum Gasteiger partial charge on any atom is -0.497 e. The lowest BCUT2D eigenvalue weighted by Gasteiger charge is -2.27. The van der Waals surface area contributed by atoms with Crippen LogP contribution in [0.15, 0.2) is 59.6 Å². The second-order valence-electron chi connectivity index (χ2n) is 6.25. The highest BCUT2D eigenvalue weighted by molar-refractivity contribution is 14.0. The molecule has 140 valence electrons. The highest BCUT2D eigenvalue weighted by Gasteiger charge is 2.23. The Hall–Kier alpha value is -1.80. The fraction of sp³-hybridized carbons (Fsp3) is 0.350. The summed E-state index contributed by atoms with van der Waals surface area (Å²) in [5.74, 6) is 1.32. The van der Waals surface area contributed by atoms with E-state index in [1.807, 2.05) is 42.5 Å². The van der Waals surface area contributed by atoms with Gasteiger partial charge in [-0.05, 0) is 55.8 Å². The predicted octanol–water partition coefficient (Wildman–Crippen LogP) is 3.88. The monoisotopic (exact) mass is 466 g/mol. The fourth-order valence-electron chi connectivity index (χ4n) is 3.20. The number of methoxy groups -OCH3 is 1. The lowest BCUT2D eigenvalue weighted by atomic mass is 10.1. The summed E-state index contributed by atoms with van der Waals surface area (Å²) in [6.45, 7) is 2.86. The van der Waals surface area contributed by atoms with Crippen LogP contribution in [-0.4, -0.2) is 37.6 Å². The number of halogens is 1. The van der Waals surface area contributed by atoms with Gasteiger partial charge in [0.05, 0.1) is 19.7 Å². The van der Waals surface area contributed by atoms with E-state index in [9.17, 15) is 0 Å². The van der Waals surface area contributed by atoms with Gasteiger partial charge < -0.3 is 15.8 Å². The van der Waals surface area contributed by atoms with E-state index in [0.717, 1.165) is 24.5 Å². The molecule has 5 nitrogen and oxygen atoms in total. The van der Waals surface area contributed by atoms with Crippen LogP contribution in [-0.2, 0) is 0 Å². The van der Waals surface area contributed by atoms with Crippen LogP contribution in [0.5, 0.6) is 5.75 Å². The maximum absolute atomic E-state index is 6.08. The number of nitrogens with two attached hydrogens (primary N) is 1. The zero-order valence-corrected chi connectivity index (χ0v) is 17.4. The number of likely N-dealkylation sites (tertiary alicyclic amines) is 1. The number of aliphatic imine (C=N–C) groups is 1. The van der Waals surface area contributed by atoms with Crippen molar-refractivity contribution in [3.05, 3.63) is 60.2 Å². The van der Waals surface area contributed by atoms with Gasteiger partial charge in [0.25, 0.3) is 0 Å². The van der Waals surface area contributed by atoms with Crippen LogP contribution in [0.25, 0.3) is 0 Å². The number of para-hydroxylation sites is 1. The Balaban J connectivity index is 0.00000243. The second kappa shape index (κ2) is 10.4. The molecular formula is C20H27IN4O. The number of hydrogen-bond donors (Lipinski definition) is 2. The van der Waals surface area contributed by atoms with E-state index in [1.165, 1.54) is 18.4 Å². The van der Waals surface area contributed by atoms with Crippen LogP contribution >= 0.6 is 24.0 Å². The van der Waals surface area contributed by atoms with Gasteiger partial charge >= 0.3 is 0 Å². The van der Waals surface area contributed by atoms with Crippen molar-refractivity contribution < 1.29 is 4.74 Å². The number of guanidine groups is 1. The van der Waals surface area contributed by atoms with Crippen molar-refractivity contribution in [2.24, 2.45) is 10.7 Å². The number of nitrogens with zero attached hydrogens (tertiary/aromatic N) is 2. The molecule has 0 bridgehead atoms. The standard InChI is InChI=1S/C20H26N4O.HI/c1-25-18-11-9-16(10-12-18)19(24-13-5-6-14-24)15-22-20(21)23-17-7-3-2-4-8-17;/h2-4,7-12,19H,5-6,13-15H2,1H3,(H3,21,22,23);1H. The van der Waals surface area contributed by atoms with Crippen LogP contribution in [0.2, 0.25) is 0 Å². The average molecular weight is 466 g/mol. The first-order valence-electron chi connectivity index (χ1n) is 8.76. The summed E-state index contributed by atoms with van der Waals surface area (Å²) in [5, 5.41) is 3.15. The molecule has 2 aromatic carbocycles. The summed E-state index contributed by atoms with van der Waals surface area (Å²) in [4.78, 5) is 7.08. The number of hydrogen-bond acceptors (Lipinski definition) is 3. The van der Waals surface area contributed by atoms with Crippen molar-refractivity contribution >= 4 is 35.6 Å². The molecule has 1 aliphatic rings. The van der Waals surface area contributed by atoms with E-state index in [2.05, 4.69) is 27.3 Å². The van der Waals surface area contributed by atoms with Gasteiger partial charge in [-0.25, -0.2) is 0 Å². The van der Waals surface area contributed by atoms with Crippen LogP contribution in [0.1, 0.15) is 24.4 Å². The molecule has 0 amide bonds. The van der Waals surface area contributed by atoms with Crippen LogP contribution in [0.3, 0.4) is 0 Å². The minimum atomic E-state index is 0. The van der Waals surface area contributed by atoms with Crippen molar-refractivity contribution in [1.82, 2.24) is 4.90 Å². The van der Waals surface area contributed by atoms with Gasteiger partial charge in [0.1, 0.15) is 5.75 Å². The Morgan fingerprint density at radius 3 is 2.38 bits per heavy atom. The molecule has 1 atom stereocenters. The summed E-state index contributed by atoms with van der Waals surface area (Å²) in [5.41, 5.74) is 8.28. The third kappa shape index (κ3) is 5.60. The summed E-state index contributed by atoms with van der Waals surface area (Å²) in [6.07, 6.45) is 2.49. The third-order valence-corrected chi connectivity index (χ3v) is 4.56. The van der Waals surface area contributed by atoms with Gasteiger partial charge in [-0.2, -0.15) is 0 Å². The normalized spacial score (nSPS) is 16.0.